The van der Waals surface area contributed by atoms with Gasteiger partial charge < -0.3 is 5.32 Å². The maximum Gasteiger partial charge on any atom is 0.223 e. The molecule has 2 aromatic rings. The normalized spacial score (nSPS) is 14.5. The smallest absolute Gasteiger partial charge is 0.223 e. The summed E-state index contributed by atoms with van der Waals surface area (Å²) in [5.41, 5.74) is 2.58. The van der Waals surface area contributed by atoms with Crippen LogP contribution in [0.4, 0.5) is 14.7 Å². The monoisotopic (exact) mass is 261 g/mol. The molecule has 0 radical (unpaired) electrons. The van der Waals surface area contributed by atoms with E-state index in [1.807, 2.05) is 13.0 Å². The van der Waals surface area contributed by atoms with Crippen molar-refractivity contribution in [3.8, 4) is 0 Å². The maximum absolute atomic E-state index is 13.2. The van der Waals surface area contributed by atoms with Crippen molar-refractivity contribution in [1.82, 2.24) is 9.97 Å². The average molecular weight is 261 g/mol. The van der Waals surface area contributed by atoms with E-state index in [0.717, 1.165) is 16.8 Å². The number of nitrogens with zero attached hydrogens (tertiary/aromatic N) is 2. The van der Waals surface area contributed by atoms with Crippen molar-refractivity contribution in [3.63, 3.8) is 0 Å². The second-order valence-electron chi connectivity index (χ2n) is 4.81. The fourth-order valence-electron chi connectivity index (χ4n) is 2.42. The van der Waals surface area contributed by atoms with E-state index >= 15 is 0 Å². The van der Waals surface area contributed by atoms with Gasteiger partial charge in [-0.05, 0) is 49.1 Å². The van der Waals surface area contributed by atoms with Gasteiger partial charge in [-0.3, -0.25) is 0 Å². The Labute approximate surface area is 109 Å². The number of fused-ring (bicyclic) bond motifs is 1. The average Bonchev–Trinajstić information content (AvgIpc) is 2.71. The van der Waals surface area contributed by atoms with Crippen molar-refractivity contribution in [3.05, 3.63) is 52.9 Å². The van der Waals surface area contributed by atoms with Gasteiger partial charge in [-0.2, -0.15) is 0 Å². The topological polar surface area (TPSA) is 37.8 Å². The number of hydrogen-bond donors (Lipinski definition) is 1. The number of hydrogen-bond acceptors (Lipinski definition) is 3. The number of aryl methyl sites for hydroxylation is 1. The van der Waals surface area contributed by atoms with Gasteiger partial charge in [0.25, 0.3) is 0 Å². The van der Waals surface area contributed by atoms with Crippen LogP contribution in [-0.4, -0.2) is 16.0 Å². The summed E-state index contributed by atoms with van der Waals surface area (Å²) < 4.78 is 26.3. The van der Waals surface area contributed by atoms with Gasteiger partial charge in [0.05, 0.1) is 0 Å². The van der Waals surface area contributed by atoms with E-state index < -0.39 is 11.6 Å². The summed E-state index contributed by atoms with van der Waals surface area (Å²) in [6.07, 6.45) is 3.00. The van der Waals surface area contributed by atoms with Gasteiger partial charge in [-0.1, -0.05) is 0 Å². The number of halogens is 2. The molecule has 0 bridgehead atoms. The van der Waals surface area contributed by atoms with Crippen LogP contribution >= 0.6 is 0 Å². The first-order valence-electron chi connectivity index (χ1n) is 6.15. The highest BCUT2D eigenvalue weighted by molar-refractivity contribution is 5.39. The molecule has 0 aliphatic heterocycles. The van der Waals surface area contributed by atoms with Crippen LogP contribution in [0, 0.1) is 18.6 Å². The summed E-state index contributed by atoms with van der Waals surface area (Å²) in [7, 11) is 0. The van der Waals surface area contributed by atoms with E-state index in [2.05, 4.69) is 15.3 Å². The number of anilines is 1. The van der Waals surface area contributed by atoms with Crippen LogP contribution in [0.3, 0.4) is 0 Å². The van der Waals surface area contributed by atoms with Crippen LogP contribution in [0.2, 0.25) is 0 Å². The molecular weight excluding hydrogens is 248 g/mol. The van der Waals surface area contributed by atoms with E-state index in [-0.39, 0.29) is 6.04 Å². The van der Waals surface area contributed by atoms with Crippen LogP contribution < -0.4 is 5.32 Å². The molecular formula is C14H13F2N3. The number of rotatable bonds is 2. The van der Waals surface area contributed by atoms with Crippen LogP contribution in [0.25, 0.3) is 0 Å². The van der Waals surface area contributed by atoms with Crippen molar-refractivity contribution in [2.75, 3.05) is 5.32 Å². The van der Waals surface area contributed by atoms with Gasteiger partial charge in [0.15, 0.2) is 11.6 Å². The summed E-state index contributed by atoms with van der Waals surface area (Å²) in [6.45, 7) is 1.89. The van der Waals surface area contributed by atoms with Gasteiger partial charge in [-0.15, -0.1) is 0 Å². The lowest BCUT2D eigenvalue weighted by atomic mass is 10.1. The fourth-order valence-corrected chi connectivity index (χ4v) is 2.42. The Kier molecular flexibility index (Phi) is 2.89. The zero-order valence-corrected chi connectivity index (χ0v) is 10.5. The Morgan fingerprint density at radius 3 is 2.37 bits per heavy atom. The van der Waals surface area contributed by atoms with Crippen molar-refractivity contribution in [2.45, 2.75) is 25.8 Å². The molecule has 1 N–H and O–H groups in total. The summed E-state index contributed by atoms with van der Waals surface area (Å²) >= 11 is 0. The molecule has 3 nitrogen and oxygen atoms in total. The van der Waals surface area contributed by atoms with Gasteiger partial charge in [-0.25, -0.2) is 18.7 Å². The van der Waals surface area contributed by atoms with Crippen LogP contribution in [-0.2, 0) is 12.8 Å². The van der Waals surface area contributed by atoms with E-state index in [1.165, 1.54) is 12.1 Å². The summed E-state index contributed by atoms with van der Waals surface area (Å²) in [5.74, 6) is -1.02. The first-order valence-corrected chi connectivity index (χ1v) is 6.15. The Morgan fingerprint density at radius 2 is 1.79 bits per heavy atom. The molecule has 0 saturated heterocycles. The highest BCUT2D eigenvalue weighted by atomic mass is 19.2. The Bertz CT molecular complexity index is 597. The molecule has 3 rings (SSSR count). The summed E-state index contributed by atoms with van der Waals surface area (Å²) in [4.78, 5) is 8.39. The molecule has 1 aliphatic rings. The molecule has 0 fully saturated rings. The maximum atomic E-state index is 13.2. The lowest BCUT2D eigenvalue weighted by molar-refractivity contribution is 0.507. The SMILES string of the molecule is Cc1ccnc(NC2Cc3cc(F)c(F)cc3C2)n1. The molecule has 0 spiro atoms. The zero-order valence-electron chi connectivity index (χ0n) is 10.5. The van der Waals surface area contributed by atoms with Crippen LogP contribution in [0.1, 0.15) is 16.8 Å². The Balaban J connectivity index is 1.77. The Hall–Kier alpha value is -2.04. The quantitative estimate of drug-likeness (QED) is 0.903. The van der Waals surface area contributed by atoms with Crippen LogP contribution in [0.15, 0.2) is 24.4 Å². The molecule has 0 amide bonds. The molecule has 5 heteroatoms. The minimum atomic E-state index is -0.786. The van der Waals surface area contributed by atoms with Gasteiger partial charge in [0.1, 0.15) is 0 Å². The highest BCUT2D eigenvalue weighted by Gasteiger charge is 2.24. The molecule has 0 atom stereocenters. The molecule has 1 aromatic carbocycles. The first kappa shape index (κ1) is 12.0. The second-order valence-corrected chi connectivity index (χ2v) is 4.81. The number of nitrogens with one attached hydrogen (secondary N) is 1. The predicted octanol–water partition coefficient (Wildman–Crippen LogP) is 2.64. The third-order valence-corrected chi connectivity index (χ3v) is 3.30. The van der Waals surface area contributed by atoms with E-state index in [4.69, 9.17) is 0 Å². The second kappa shape index (κ2) is 4.57. The molecule has 1 heterocycles. The summed E-state index contributed by atoms with van der Waals surface area (Å²) in [5, 5.41) is 3.20. The van der Waals surface area contributed by atoms with Crippen molar-refractivity contribution < 1.29 is 8.78 Å². The lowest BCUT2D eigenvalue weighted by Crippen LogP contribution is -2.21. The molecule has 0 unspecified atom stereocenters. The Morgan fingerprint density at radius 1 is 1.16 bits per heavy atom. The van der Waals surface area contributed by atoms with E-state index in [9.17, 15) is 8.78 Å². The van der Waals surface area contributed by atoms with Crippen molar-refractivity contribution in [2.24, 2.45) is 0 Å². The third kappa shape index (κ3) is 2.41. The molecule has 1 aromatic heterocycles. The van der Waals surface area contributed by atoms with Gasteiger partial charge in [0, 0.05) is 17.9 Å². The first-order chi connectivity index (χ1) is 9.11. The third-order valence-electron chi connectivity index (χ3n) is 3.30. The summed E-state index contributed by atoms with van der Waals surface area (Å²) in [6, 6.07) is 4.46. The zero-order chi connectivity index (χ0) is 13.4. The number of benzene rings is 1. The predicted molar refractivity (Wildman–Crippen MR) is 67.9 cm³/mol. The molecule has 19 heavy (non-hydrogen) atoms. The van der Waals surface area contributed by atoms with Gasteiger partial charge >= 0.3 is 0 Å². The molecule has 0 saturated carbocycles. The van der Waals surface area contributed by atoms with Crippen molar-refractivity contribution in [1.29, 1.82) is 0 Å². The fraction of sp³-hybridized carbons (Fsp3) is 0.286. The molecule has 1 aliphatic carbocycles. The van der Waals surface area contributed by atoms with Gasteiger partial charge in [0.2, 0.25) is 5.95 Å². The minimum absolute atomic E-state index is 0.0815. The van der Waals surface area contributed by atoms with Crippen molar-refractivity contribution >= 4 is 5.95 Å². The largest absolute Gasteiger partial charge is 0.351 e. The molecule has 98 valence electrons. The van der Waals surface area contributed by atoms with Crippen LogP contribution in [0.5, 0.6) is 0 Å². The number of aromatic nitrogens is 2. The van der Waals surface area contributed by atoms with E-state index in [0.29, 0.717) is 18.8 Å². The van der Waals surface area contributed by atoms with E-state index in [1.54, 1.807) is 6.20 Å². The standard InChI is InChI=1S/C14H13F2N3/c1-8-2-3-17-14(18-8)19-11-4-9-6-12(15)13(16)7-10(9)5-11/h2-3,6-7,11H,4-5H2,1H3,(H,17,18,19). The minimum Gasteiger partial charge on any atom is -0.351 e. The highest BCUT2D eigenvalue weighted by Crippen LogP contribution is 2.26. The lowest BCUT2D eigenvalue weighted by Gasteiger charge is -2.11.